The number of hydrogen-bond donors (Lipinski definition) is 2. The highest BCUT2D eigenvalue weighted by molar-refractivity contribution is 5.89. The maximum absolute atomic E-state index is 9.23. The Balaban J connectivity index is 4.03. The van der Waals surface area contributed by atoms with Gasteiger partial charge in [-0.2, -0.15) is 5.26 Å². The molecule has 1 atom stereocenters. The summed E-state index contributed by atoms with van der Waals surface area (Å²) >= 11 is 0. The van der Waals surface area contributed by atoms with Gasteiger partial charge in [0.2, 0.25) is 0 Å². The Morgan fingerprint density at radius 1 is 1.75 bits per heavy atom. The van der Waals surface area contributed by atoms with E-state index < -0.39 is 6.10 Å². The summed E-state index contributed by atoms with van der Waals surface area (Å²) in [5.74, 6) is 0. The maximum Gasteiger partial charge on any atom is 0.126 e. The van der Waals surface area contributed by atoms with Crippen molar-refractivity contribution >= 4 is 5.71 Å². The van der Waals surface area contributed by atoms with Crippen molar-refractivity contribution < 1.29 is 5.11 Å². The average Bonchev–Trinajstić information content (AvgIpc) is 2.11. The molecule has 3 heteroatoms. The van der Waals surface area contributed by atoms with Gasteiger partial charge in [-0.1, -0.05) is 12.7 Å². The summed E-state index contributed by atoms with van der Waals surface area (Å²) in [5, 5.41) is 24.9. The van der Waals surface area contributed by atoms with Crippen LogP contribution in [0.15, 0.2) is 24.8 Å². The molecule has 0 aromatic carbocycles. The van der Waals surface area contributed by atoms with Gasteiger partial charge >= 0.3 is 0 Å². The van der Waals surface area contributed by atoms with Crippen LogP contribution in [0.4, 0.5) is 0 Å². The average molecular weight is 164 g/mol. The Labute approximate surface area is 72.2 Å². The van der Waals surface area contributed by atoms with E-state index in [0.717, 1.165) is 0 Å². The SMILES string of the molecule is C=CCCC(=N)C(O)C(=C)C#N. The highest BCUT2D eigenvalue weighted by Gasteiger charge is 2.12. The minimum atomic E-state index is -1.12. The van der Waals surface area contributed by atoms with Crippen molar-refractivity contribution in [1.82, 2.24) is 0 Å². The molecule has 64 valence electrons. The predicted molar refractivity (Wildman–Crippen MR) is 47.9 cm³/mol. The lowest BCUT2D eigenvalue weighted by molar-refractivity contribution is 0.278. The van der Waals surface area contributed by atoms with Crippen LogP contribution in [0, 0.1) is 16.7 Å². The van der Waals surface area contributed by atoms with Crippen LogP contribution in [0.2, 0.25) is 0 Å². The summed E-state index contributed by atoms with van der Waals surface area (Å²) in [5.41, 5.74) is 0.130. The van der Waals surface area contributed by atoms with Crippen LogP contribution >= 0.6 is 0 Å². The first-order valence-electron chi connectivity index (χ1n) is 3.58. The second-order valence-electron chi connectivity index (χ2n) is 2.39. The van der Waals surface area contributed by atoms with Crippen LogP contribution in [0.3, 0.4) is 0 Å². The summed E-state index contributed by atoms with van der Waals surface area (Å²) in [6.07, 6.45) is 1.60. The second-order valence-corrected chi connectivity index (χ2v) is 2.39. The monoisotopic (exact) mass is 164 g/mol. The Morgan fingerprint density at radius 2 is 2.33 bits per heavy atom. The van der Waals surface area contributed by atoms with Crippen molar-refractivity contribution in [2.24, 2.45) is 0 Å². The number of aliphatic hydroxyl groups excluding tert-OH is 1. The first-order chi connectivity index (χ1) is 5.63. The summed E-state index contributed by atoms with van der Waals surface area (Å²) in [6, 6.07) is 1.71. The van der Waals surface area contributed by atoms with Crippen molar-refractivity contribution in [2.45, 2.75) is 18.9 Å². The zero-order valence-corrected chi connectivity index (χ0v) is 6.88. The van der Waals surface area contributed by atoms with E-state index in [1.807, 2.05) is 0 Å². The molecule has 0 aliphatic heterocycles. The van der Waals surface area contributed by atoms with Gasteiger partial charge in [-0.3, -0.25) is 0 Å². The van der Waals surface area contributed by atoms with Crippen molar-refractivity contribution in [3.05, 3.63) is 24.8 Å². The van der Waals surface area contributed by atoms with Gasteiger partial charge < -0.3 is 10.5 Å². The van der Waals surface area contributed by atoms with E-state index >= 15 is 0 Å². The van der Waals surface area contributed by atoms with Gasteiger partial charge in [-0.15, -0.1) is 6.58 Å². The fourth-order valence-electron chi connectivity index (χ4n) is 0.666. The summed E-state index contributed by atoms with van der Waals surface area (Å²) in [6.45, 7) is 6.82. The lowest BCUT2D eigenvalue weighted by Crippen LogP contribution is -2.20. The molecule has 0 fully saturated rings. The number of nitrogens with one attached hydrogen (secondary N) is 1. The molecule has 3 nitrogen and oxygen atoms in total. The molecule has 0 saturated heterocycles. The Hall–Kier alpha value is -1.40. The van der Waals surface area contributed by atoms with Gasteiger partial charge in [0.05, 0.1) is 11.6 Å². The van der Waals surface area contributed by atoms with E-state index in [2.05, 4.69) is 13.2 Å². The Kier molecular flexibility index (Phi) is 4.66. The van der Waals surface area contributed by atoms with Gasteiger partial charge in [0.1, 0.15) is 6.10 Å². The van der Waals surface area contributed by atoms with Gasteiger partial charge in [0.25, 0.3) is 0 Å². The third-order valence-corrected chi connectivity index (χ3v) is 1.42. The van der Waals surface area contributed by atoms with Gasteiger partial charge in [0.15, 0.2) is 0 Å². The first-order valence-corrected chi connectivity index (χ1v) is 3.58. The van der Waals surface area contributed by atoms with E-state index in [4.69, 9.17) is 10.7 Å². The van der Waals surface area contributed by atoms with Crippen LogP contribution < -0.4 is 0 Å². The molecular formula is C9H12N2O. The number of rotatable bonds is 5. The molecular weight excluding hydrogens is 152 g/mol. The largest absolute Gasteiger partial charge is 0.382 e. The minimum Gasteiger partial charge on any atom is -0.382 e. The highest BCUT2D eigenvalue weighted by atomic mass is 16.3. The fraction of sp³-hybridized carbons (Fsp3) is 0.333. The molecule has 0 aromatic rings. The molecule has 0 aliphatic carbocycles. The van der Waals surface area contributed by atoms with Crippen molar-refractivity contribution in [1.29, 1.82) is 10.7 Å². The maximum atomic E-state index is 9.23. The summed E-state index contributed by atoms with van der Waals surface area (Å²) in [7, 11) is 0. The third-order valence-electron chi connectivity index (χ3n) is 1.42. The van der Waals surface area contributed by atoms with E-state index in [1.165, 1.54) is 0 Å². The number of nitrogens with zero attached hydrogens (tertiary/aromatic N) is 1. The predicted octanol–water partition coefficient (Wildman–Crippen LogP) is 1.41. The summed E-state index contributed by atoms with van der Waals surface area (Å²) < 4.78 is 0. The number of hydrogen-bond acceptors (Lipinski definition) is 3. The van der Waals surface area contributed by atoms with Crippen molar-refractivity contribution in [3.63, 3.8) is 0 Å². The minimum absolute atomic E-state index is 0.0177. The zero-order valence-electron chi connectivity index (χ0n) is 6.88. The second kappa shape index (κ2) is 5.28. The molecule has 2 N–H and O–H groups in total. The molecule has 1 unspecified atom stereocenters. The molecule has 0 bridgehead atoms. The molecule has 0 rings (SSSR count). The van der Waals surface area contributed by atoms with Gasteiger partial charge in [0, 0.05) is 5.71 Å². The van der Waals surface area contributed by atoms with E-state index in [9.17, 15) is 5.11 Å². The fourth-order valence-corrected chi connectivity index (χ4v) is 0.666. The quantitative estimate of drug-likeness (QED) is 0.366. The number of allylic oxidation sites excluding steroid dienone is 1. The molecule has 0 amide bonds. The molecule has 0 aromatic heterocycles. The van der Waals surface area contributed by atoms with E-state index in [0.29, 0.717) is 12.8 Å². The zero-order chi connectivity index (χ0) is 9.56. The molecule has 0 heterocycles. The normalized spacial score (nSPS) is 11.3. The van der Waals surface area contributed by atoms with Crippen molar-refractivity contribution in [3.8, 4) is 6.07 Å². The van der Waals surface area contributed by atoms with Crippen LogP contribution in [0.5, 0.6) is 0 Å². The Morgan fingerprint density at radius 3 is 2.75 bits per heavy atom. The highest BCUT2D eigenvalue weighted by Crippen LogP contribution is 2.04. The standard InChI is InChI=1S/C9H12N2O/c1-3-4-5-8(11)9(12)7(2)6-10/h3,9,11-12H,1-2,4-5H2. The van der Waals surface area contributed by atoms with Crippen LogP contribution in [0.1, 0.15) is 12.8 Å². The first kappa shape index (κ1) is 10.6. The molecule has 0 radical (unpaired) electrons. The van der Waals surface area contributed by atoms with Crippen LogP contribution in [0.25, 0.3) is 0 Å². The topological polar surface area (TPSA) is 67.9 Å². The number of aliphatic hydroxyl groups is 1. The van der Waals surface area contributed by atoms with Gasteiger partial charge in [-0.25, -0.2) is 0 Å². The smallest absolute Gasteiger partial charge is 0.126 e. The van der Waals surface area contributed by atoms with Gasteiger partial charge in [-0.05, 0) is 12.8 Å². The lowest BCUT2D eigenvalue weighted by atomic mass is 10.0. The molecule has 0 aliphatic rings. The molecule has 0 saturated carbocycles. The third kappa shape index (κ3) is 3.13. The van der Waals surface area contributed by atoms with Crippen LogP contribution in [-0.2, 0) is 0 Å². The van der Waals surface area contributed by atoms with E-state index in [-0.39, 0.29) is 11.3 Å². The van der Waals surface area contributed by atoms with Crippen LogP contribution in [-0.4, -0.2) is 16.9 Å². The Bertz CT molecular complexity index is 237. The molecule has 0 spiro atoms. The summed E-state index contributed by atoms with van der Waals surface area (Å²) in [4.78, 5) is 0. The lowest BCUT2D eigenvalue weighted by Gasteiger charge is -2.08. The van der Waals surface area contributed by atoms with E-state index in [1.54, 1.807) is 12.1 Å². The van der Waals surface area contributed by atoms with Crippen molar-refractivity contribution in [2.75, 3.05) is 0 Å². The molecule has 12 heavy (non-hydrogen) atoms. The number of nitriles is 1.